The number of nitriles is 1. The van der Waals surface area contributed by atoms with Crippen LogP contribution < -0.4 is 4.72 Å². The lowest BCUT2D eigenvalue weighted by Crippen LogP contribution is -2.49. The van der Waals surface area contributed by atoms with Crippen LogP contribution in [0.15, 0.2) is 14.1 Å². The largest absolute Gasteiger partial charge is 0.251 e. The predicted molar refractivity (Wildman–Crippen MR) is 83.3 cm³/mol. The lowest BCUT2D eigenvalue weighted by atomic mass is 9.79. The molecule has 0 radical (unpaired) electrons. The standard InChI is InChI=1S/C12H14BrClN2O2S2/c1-8-2-4-12(7-15,5-3-8)16-20(17,18)10-6-9(14)11(13)19-10/h6,8,16H,2-5H2,1H3. The number of nitrogens with zero attached hydrogens (tertiary/aromatic N) is 1. The van der Waals surface area contributed by atoms with Crippen molar-refractivity contribution >= 4 is 48.9 Å². The van der Waals surface area contributed by atoms with Crippen LogP contribution in [0.5, 0.6) is 0 Å². The number of rotatable bonds is 3. The van der Waals surface area contributed by atoms with Crippen LogP contribution in [0.1, 0.15) is 32.6 Å². The van der Waals surface area contributed by atoms with Crippen LogP contribution in [0.4, 0.5) is 0 Å². The van der Waals surface area contributed by atoms with E-state index >= 15 is 0 Å². The van der Waals surface area contributed by atoms with E-state index in [1.54, 1.807) is 0 Å². The zero-order valence-electron chi connectivity index (χ0n) is 10.8. The summed E-state index contributed by atoms with van der Waals surface area (Å²) in [6.45, 7) is 2.12. The van der Waals surface area contributed by atoms with Gasteiger partial charge in [-0.05, 0) is 53.6 Å². The summed E-state index contributed by atoms with van der Waals surface area (Å²) in [7, 11) is -3.72. The Labute approximate surface area is 136 Å². The number of hydrogen-bond donors (Lipinski definition) is 1. The van der Waals surface area contributed by atoms with E-state index in [1.807, 2.05) is 0 Å². The van der Waals surface area contributed by atoms with Crippen molar-refractivity contribution in [3.8, 4) is 6.07 Å². The quantitative estimate of drug-likeness (QED) is 0.840. The molecule has 1 heterocycles. The Morgan fingerprint density at radius 2 is 2.15 bits per heavy atom. The summed E-state index contributed by atoms with van der Waals surface area (Å²) in [6, 6.07) is 3.55. The molecule has 1 saturated carbocycles. The third-order valence-electron chi connectivity index (χ3n) is 3.56. The van der Waals surface area contributed by atoms with Gasteiger partial charge in [0.1, 0.15) is 9.75 Å². The molecule has 1 fully saturated rings. The summed E-state index contributed by atoms with van der Waals surface area (Å²) in [6.07, 6.45) is 2.80. The molecule has 2 rings (SSSR count). The first kappa shape index (κ1) is 16.2. The number of thiophene rings is 1. The molecule has 0 amide bonds. The van der Waals surface area contributed by atoms with Crippen molar-refractivity contribution in [1.82, 2.24) is 4.72 Å². The van der Waals surface area contributed by atoms with E-state index in [-0.39, 0.29) is 4.21 Å². The molecule has 0 aliphatic heterocycles. The first-order valence-corrected chi connectivity index (χ1v) is 9.65. The SMILES string of the molecule is CC1CCC(C#N)(NS(=O)(=O)c2cc(Cl)c(Br)s2)CC1. The van der Waals surface area contributed by atoms with Gasteiger partial charge in [-0.2, -0.15) is 9.98 Å². The summed E-state index contributed by atoms with van der Waals surface area (Å²) in [5.74, 6) is 0.534. The zero-order valence-corrected chi connectivity index (χ0v) is 14.8. The van der Waals surface area contributed by atoms with E-state index in [9.17, 15) is 13.7 Å². The fraction of sp³-hybridized carbons (Fsp3) is 0.583. The average Bonchev–Trinajstić information content (AvgIpc) is 2.74. The molecule has 1 aromatic rings. The first-order valence-electron chi connectivity index (χ1n) is 6.18. The van der Waals surface area contributed by atoms with Crippen molar-refractivity contribution < 1.29 is 8.42 Å². The van der Waals surface area contributed by atoms with E-state index < -0.39 is 15.6 Å². The Morgan fingerprint density at radius 1 is 1.55 bits per heavy atom. The van der Waals surface area contributed by atoms with E-state index in [0.29, 0.717) is 27.6 Å². The van der Waals surface area contributed by atoms with Crippen molar-refractivity contribution in [2.24, 2.45) is 5.92 Å². The molecule has 0 bridgehead atoms. The van der Waals surface area contributed by atoms with Crippen LogP contribution in [0.3, 0.4) is 0 Å². The highest BCUT2D eigenvalue weighted by atomic mass is 79.9. The maximum absolute atomic E-state index is 12.4. The van der Waals surface area contributed by atoms with Gasteiger partial charge in [-0.1, -0.05) is 18.5 Å². The van der Waals surface area contributed by atoms with Gasteiger partial charge >= 0.3 is 0 Å². The number of hydrogen-bond acceptors (Lipinski definition) is 4. The Morgan fingerprint density at radius 3 is 2.60 bits per heavy atom. The second kappa shape index (κ2) is 5.93. The molecule has 0 aromatic carbocycles. The molecule has 4 nitrogen and oxygen atoms in total. The van der Waals surface area contributed by atoms with Crippen LogP contribution >= 0.6 is 38.9 Å². The van der Waals surface area contributed by atoms with Crippen LogP contribution in [0.25, 0.3) is 0 Å². The molecule has 1 aromatic heterocycles. The number of halogens is 2. The van der Waals surface area contributed by atoms with Gasteiger partial charge in [0.05, 0.1) is 14.9 Å². The van der Waals surface area contributed by atoms with Crippen molar-refractivity contribution in [3.05, 3.63) is 14.9 Å². The van der Waals surface area contributed by atoms with Crippen molar-refractivity contribution in [2.45, 2.75) is 42.4 Å². The van der Waals surface area contributed by atoms with Gasteiger partial charge in [0, 0.05) is 0 Å². The fourth-order valence-corrected chi connectivity index (χ4v) is 6.03. The monoisotopic (exact) mass is 396 g/mol. The van der Waals surface area contributed by atoms with Gasteiger partial charge in [-0.15, -0.1) is 11.3 Å². The molecule has 1 aliphatic rings. The molecular formula is C12H14BrClN2O2S2. The van der Waals surface area contributed by atoms with Gasteiger partial charge in [0.25, 0.3) is 10.0 Å². The Hall–Kier alpha value is -0.130. The molecular weight excluding hydrogens is 384 g/mol. The molecule has 8 heteroatoms. The first-order chi connectivity index (χ1) is 9.28. The van der Waals surface area contributed by atoms with E-state index in [2.05, 4.69) is 33.6 Å². The molecule has 110 valence electrons. The van der Waals surface area contributed by atoms with Gasteiger partial charge in [-0.3, -0.25) is 0 Å². The van der Waals surface area contributed by atoms with Crippen LogP contribution in [0, 0.1) is 17.2 Å². The lowest BCUT2D eigenvalue weighted by molar-refractivity contribution is 0.278. The third-order valence-corrected chi connectivity index (χ3v) is 8.04. The Kier molecular flexibility index (Phi) is 4.82. The van der Waals surface area contributed by atoms with Gasteiger partial charge in [0.2, 0.25) is 0 Å². The lowest BCUT2D eigenvalue weighted by Gasteiger charge is -2.33. The van der Waals surface area contributed by atoms with Gasteiger partial charge in [0.15, 0.2) is 0 Å². The zero-order chi connectivity index (χ0) is 15.0. The molecule has 0 atom stereocenters. The summed E-state index contributed by atoms with van der Waals surface area (Å²) in [4.78, 5) is 0. The fourth-order valence-electron chi connectivity index (χ4n) is 2.26. The molecule has 1 aliphatic carbocycles. The highest BCUT2D eigenvalue weighted by Crippen LogP contribution is 2.37. The van der Waals surface area contributed by atoms with Crippen molar-refractivity contribution in [2.75, 3.05) is 0 Å². The van der Waals surface area contributed by atoms with E-state index in [4.69, 9.17) is 11.6 Å². The van der Waals surface area contributed by atoms with Crippen LogP contribution in [0.2, 0.25) is 5.02 Å². The average molecular weight is 398 g/mol. The maximum Gasteiger partial charge on any atom is 0.251 e. The molecule has 0 unspecified atom stereocenters. The maximum atomic E-state index is 12.4. The van der Waals surface area contributed by atoms with E-state index in [1.165, 1.54) is 6.07 Å². The molecule has 0 spiro atoms. The minimum atomic E-state index is -3.72. The van der Waals surface area contributed by atoms with Gasteiger partial charge in [-0.25, -0.2) is 8.42 Å². The van der Waals surface area contributed by atoms with Crippen molar-refractivity contribution in [3.63, 3.8) is 0 Å². The summed E-state index contributed by atoms with van der Waals surface area (Å²) in [5.41, 5.74) is -0.992. The highest BCUT2D eigenvalue weighted by Gasteiger charge is 2.39. The number of nitrogens with one attached hydrogen (secondary N) is 1. The highest BCUT2D eigenvalue weighted by molar-refractivity contribution is 9.11. The van der Waals surface area contributed by atoms with E-state index in [0.717, 1.165) is 24.2 Å². The molecule has 20 heavy (non-hydrogen) atoms. The summed E-state index contributed by atoms with van der Waals surface area (Å²) < 4.78 is 28.0. The third kappa shape index (κ3) is 3.37. The molecule has 1 N–H and O–H groups in total. The second-order valence-electron chi connectivity index (χ2n) is 5.17. The van der Waals surface area contributed by atoms with Crippen LogP contribution in [-0.4, -0.2) is 14.0 Å². The molecule has 0 saturated heterocycles. The Balaban J connectivity index is 2.25. The van der Waals surface area contributed by atoms with Crippen molar-refractivity contribution in [1.29, 1.82) is 5.26 Å². The second-order valence-corrected chi connectivity index (χ2v) is 9.86. The topological polar surface area (TPSA) is 70.0 Å². The Bertz CT molecular complexity index is 623. The minimum absolute atomic E-state index is 0.127. The summed E-state index contributed by atoms with van der Waals surface area (Å²) in [5, 5.41) is 9.75. The van der Waals surface area contributed by atoms with Gasteiger partial charge < -0.3 is 0 Å². The predicted octanol–water partition coefficient (Wildman–Crippen LogP) is 3.91. The van der Waals surface area contributed by atoms with Crippen LogP contribution in [-0.2, 0) is 10.0 Å². The number of sulfonamides is 1. The summed E-state index contributed by atoms with van der Waals surface area (Å²) >= 11 is 10.1. The normalized spacial score (nSPS) is 27.2. The smallest absolute Gasteiger partial charge is 0.206 e. The minimum Gasteiger partial charge on any atom is -0.206 e.